The molecule has 0 aromatic rings. The molecule has 1 amide bonds. The van der Waals surface area contributed by atoms with E-state index in [1.54, 1.807) is 0 Å². The van der Waals surface area contributed by atoms with Gasteiger partial charge < -0.3 is 9.64 Å². The fourth-order valence-corrected chi connectivity index (χ4v) is 4.66. The van der Waals surface area contributed by atoms with E-state index in [2.05, 4.69) is 22.0 Å². The number of morpholine rings is 1. The number of nitrogens with zero attached hydrogens (tertiary/aromatic N) is 2. The minimum Gasteiger partial charge on any atom is -0.379 e. The van der Waals surface area contributed by atoms with E-state index in [-0.39, 0.29) is 5.92 Å². The summed E-state index contributed by atoms with van der Waals surface area (Å²) in [6.07, 6.45) is 8.57. The van der Waals surface area contributed by atoms with E-state index in [4.69, 9.17) is 4.74 Å². The normalized spacial score (nSPS) is 31.0. The third-order valence-electron chi connectivity index (χ3n) is 4.91. The predicted molar refractivity (Wildman–Crippen MR) is 91.2 cm³/mol. The summed E-state index contributed by atoms with van der Waals surface area (Å²) < 4.78 is 5.45. The molecule has 3 rings (SSSR count). The Labute approximate surface area is 138 Å². The number of hydrogen-bond donors (Lipinski definition) is 0. The van der Waals surface area contributed by atoms with Gasteiger partial charge in [0, 0.05) is 37.8 Å². The van der Waals surface area contributed by atoms with Crippen molar-refractivity contribution in [3.63, 3.8) is 0 Å². The van der Waals surface area contributed by atoms with Crippen LogP contribution < -0.4 is 0 Å². The van der Waals surface area contributed by atoms with Crippen molar-refractivity contribution in [2.24, 2.45) is 5.92 Å². The van der Waals surface area contributed by atoms with Gasteiger partial charge in [0.2, 0.25) is 5.91 Å². The lowest BCUT2D eigenvalue weighted by molar-refractivity contribution is -0.138. The molecule has 0 unspecified atom stereocenters. The Bertz CT molecular complexity index is 396. The molecule has 5 heteroatoms. The summed E-state index contributed by atoms with van der Waals surface area (Å²) in [5, 5.41) is 0. The number of hydrogen-bond acceptors (Lipinski definition) is 4. The Hall–Kier alpha value is -0.520. The summed E-state index contributed by atoms with van der Waals surface area (Å²) in [4.78, 5) is 17.7. The first-order valence-electron chi connectivity index (χ1n) is 8.68. The molecule has 2 heterocycles. The topological polar surface area (TPSA) is 32.8 Å². The second-order valence-corrected chi connectivity index (χ2v) is 7.66. The number of thioether (sulfide) groups is 1. The highest BCUT2D eigenvalue weighted by atomic mass is 32.2. The summed E-state index contributed by atoms with van der Waals surface area (Å²) in [5.41, 5.74) is 0. The molecular weight excluding hydrogens is 296 g/mol. The van der Waals surface area contributed by atoms with E-state index >= 15 is 0 Å². The largest absolute Gasteiger partial charge is 0.379 e. The number of allylic oxidation sites excluding steroid dienone is 2. The van der Waals surface area contributed by atoms with Crippen LogP contribution in [0.4, 0.5) is 0 Å². The lowest BCUT2D eigenvalue weighted by Crippen LogP contribution is -2.51. The maximum Gasteiger partial charge on any atom is 0.226 e. The Morgan fingerprint density at radius 3 is 2.86 bits per heavy atom. The van der Waals surface area contributed by atoms with E-state index in [1.807, 2.05) is 11.8 Å². The SMILES string of the molecule is O=C([C@H]1CC=CCC1)N1CCCSC[C@@H]1CN1CCOCC1. The van der Waals surface area contributed by atoms with Crippen LogP contribution >= 0.6 is 11.8 Å². The molecule has 2 saturated heterocycles. The molecule has 22 heavy (non-hydrogen) atoms. The zero-order chi connectivity index (χ0) is 15.2. The highest BCUT2D eigenvalue weighted by Crippen LogP contribution is 2.25. The van der Waals surface area contributed by atoms with Gasteiger partial charge in [0.05, 0.1) is 19.3 Å². The highest BCUT2D eigenvalue weighted by molar-refractivity contribution is 7.99. The van der Waals surface area contributed by atoms with E-state index in [1.165, 1.54) is 5.75 Å². The van der Waals surface area contributed by atoms with Gasteiger partial charge in [-0.1, -0.05) is 12.2 Å². The lowest BCUT2D eigenvalue weighted by atomic mass is 9.92. The number of amides is 1. The molecule has 124 valence electrons. The Balaban J connectivity index is 1.64. The molecule has 2 aliphatic heterocycles. The van der Waals surface area contributed by atoms with Crippen molar-refractivity contribution in [1.29, 1.82) is 0 Å². The molecule has 0 aromatic heterocycles. The molecule has 1 aliphatic carbocycles. The van der Waals surface area contributed by atoms with Crippen LogP contribution in [0.5, 0.6) is 0 Å². The molecule has 0 spiro atoms. The first kappa shape index (κ1) is 16.3. The van der Waals surface area contributed by atoms with Gasteiger partial charge in [-0.2, -0.15) is 11.8 Å². The summed E-state index contributed by atoms with van der Waals surface area (Å²) >= 11 is 2.01. The predicted octanol–water partition coefficient (Wildman–Crippen LogP) is 2.01. The van der Waals surface area contributed by atoms with Crippen LogP contribution in [0, 0.1) is 5.92 Å². The monoisotopic (exact) mass is 324 g/mol. The van der Waals surface area contributed by atoms with E-state index in [0.717, 1.165) is 70.8 Å². The van der Waals surface area contributed by atoms with Gasteiger partial charge in [-0.05, 0) is 31.4 Å². The number of rotatable bonds is 3. The fraction of sp³-hybridized carbons (Fsp3) is 0.824. The Morgan fingerprint density at radius 2 is 2.09 bits per heavy atom. The summed E-state index contributed by atoms with van der Waals surface area (Å²) in [6, 6.07) is 0.379. The van der Waals surface area contributed by atoms with Crippen LogP contribution in [-0.4, -0.2) is 72.6 Å². The number of ether oxygens (including phenoxy) is 1. The molecule has 3 aliphatic rings. The van der Waals surface area contributed by atoms with Crippen molar-refractivity contribution in [3.05, 3.63) is 12.2 Å². The van der Waals surface area contributed by atoms with Crippen LogP contribution in [0.25, 0.3) is 0 Å². The molecule has 0 saturated carbocycles. The summed E-state index contributed by atoms with van der Waals surface area (Å²) in [6.45, 7) is 5.65. The molecule has 0 bridgehead atoms. The molecular formula is C17H28N2O2S. The minimum atomic E-state index is 0.222. The number of carbonyl (C=O) groups excluding carboxylic acids is 1. The van der Waals surface area contributed by atoms with Crippen LogP contribution in [0.2, 0.25) is 0 Å². The van der Waals surface area contributed by atoms with E-state index < -0.39 is 0 Å². The molecule has 2 atom stereocenters. The van der Waals surface area contributed by atoms with Gasteiger partial charge >= 0.3 is 0 Å². The van der Waals surface area contributed by atoms with Gasteiger partial charge in [-0.3, -0.25) is 9.69 Å². The zero-order valence-electron chi connectivity index (χ0n) is 13.4. The molecule has 0 radical (unpaired) electrons. The fourth-order valence-electron chi connectivity index (χ4n) is 3.60. The second kappa shape index (κ2) is 8.37. The molecule has 2 fully saturated rings. The van der Waals surface area contributed by atoms with Gasteiger partial charge in [-0.15, -0.1) is 0 Å². The quantitative estimate of drug-likeness (QED) is 0.744. The van der Waals surface area contributed by atoms with Crippen molar-refractivity contribution in [1.82, 2.24) is 9.80 Å². The average molecular weight is 324 g/mol. The lowest BCUT2D eigenvalue weighted by Gasteiger charge is -2.37. The molecule has 0 N–H and O–H groups in total. The standard InChI is InChI=1S/C17H28N2O2S/c20-17(15-5-2-1-3-6-15)19-7-4-12-22-14-16(19)13-18-8-10-21-11-9-18/h1-2,15-16H,3-14H2/t15-,16-/m0/s1. The van der Waals surface area contributed by atoms with Crippen LogP contribution in [-0.2, 0) is 9.53 Å². The van der Waals surface area contributed by atoms with E-state index in [0.29, 0.717) is 11.9 Å². The summed E-state index contributed by atoms with van der Waals surface area (Å²) in [5.74, 6) is 2.91. The van der Waals surface area contributed by atoms with Gasteiger partial charge in [0.15, 0.2) is 0 Å². The van der Waals surface area contributed by atoms with Crippen molar-refractivity contribution in [3.8, 4) is 0 Å². The van der Waals surface area contributed by atoms with Gasteiger partial charge in [0.25, 0.3) is 0 Å². The maximum atomic E-state index is 13.0. The molecule has 0 aromatic carbocycles. The third kappa shape index (κ3) is 4.27. The minimum absolute atomic E-state index is 0.222. The first-order chi connectivity index (χ1) is 10.8. The van der Waals surface area contributed by atoms with Gasteiger partial charge in [0.1, 0.15) is 0 Å². The second-order valence-electron chi connectivity index (χ2n) is 6.51. The Morgan fingerprint density at radius 1 is 1.23 bits per heavy atom. The first-order valence-corrected chi connectivity index (χ1v) is 9.83. The average Bonchev–Trinajstić information content (AvgIpc) is 2.81. The smallest absolute Gasteiger partial charge is 0.226 e. The summed E-state index contributed by atoms with van der Waals surface area (Å²) in [7, 11) is 0. The number of carbonyl (C=O) groups is 1. The molecule has 4 nitrogen and oxygen atoms in total. The zero-order valence-corrected chi connectivity index (χ0v) is 14.2. The highest BCUT2D eigenvalue weighted by Gasteiger charge is 2.31. The van der Waals surface area contributed by atoms with Crippen molar-refractivity contribution in [2.45, 2.75) is 31.7 Å². The van der Waals surface area contributed by atoms with Crippen molar-refractivity contribution in [2.75, 3.05) is 50.9 Å². The van der Waals surface area contributed by atoms with Crippen LogP contribution in [0.3, 0.4) is 0 Å². The van der Waals surface area contributed by atoms with E-state index in [9.17, 15) is 4.79 Å². The van der Waals surface area contributed by atoms with Crippen LogP contribution in [0.15, 0.2) is 12.2 Å². The van der Waals surface area contributed by atoms with Crippen molar-refractivity contribution >= 4 is 17.7 Å². The van der Waals surface area contributed by atoms with Crippen molar-refractivity contribution < 1.29 is 9.53 Å². The van der Waals surface area contributed by atoms with Crippen LogP contribution in [0.1, 0.15) is 25.7 Å². The maximum absolute atomic E-state index is 13.0. The third-order valence-corrected chi connectivity index (χ3v) is 6.11. The van der Waals surface area contributed by atoms with Gasteiger partial charge in [-0.25, -0.2) is 0 Å². The Kier molecular flexibility index (Phi) is 6.21.